The van der Waals surface area contributed by atoms with Crippen molar-refractivity contribution in [1.29, 1.82) is 0 Å². The van der Waals surface area contributed by atoms with Crippen LogP contribution in [0.25, 0.3) is 0 Å². The van der Waals surface area contributed by atoms with E-state index in [0.717, 1.165) is 4.47 Å². The van der Waals surface area contributed by atoms with Crippen LogP contribution in [0.5, 0.6) is 0 Å². The van der Waals surface area contributed by atoms with E-state index in [1.807, 2.05) is 12.4 Å². The highest BCUT2D eigenvalue weighted by molar-refractivity contribution is 9.10. The van der Waals surface area contributed by atoms with E-state index in [1.54, 1.807) is 0 Å². The minimum Gasteiger partial charge on any atom is -0.369 e. The maximum Gasteiger partial charge on any atom is 0.0564 e. The maximum atomic E-state index is 4.21. The Morgan fingerprint density at radius 2 is 1.93 bits per heavy atom. The Kier molecular flexibility index (Phi) is 2.23. The van der Waals surface area contributed by atoms with Gasteiger partial charge >= 0.3 is 0 Å². The van der Waals surface area contributed by atoms with Crippen LogP contribution in [0.3, 0.4) is 0 Å². The Labute approximate surface area is 98.8 Å². The van der Waals surface area contributed by atoms with Crippen molar-refractivity contribution in [3.05, 3.63) is 22.9 Å². The van der Waals surface area contributed by atoms with Gasteiger partial charge in [0.1, 0.15) is 0 Å². The summed E-state index contributed by atoms with van der Waals surface area (Å²) in [6, 6.07) is 2.16. The lowest BCUT2D eigenvalue weighted by Gasteiger charge is -2.49. The molecule has 2 nitrogen and oxygen atoms in total. The number of halogens is 1. The fraction of sp³-hybridized carbons (Fsp3) is 0.583. The van der Waals surface area contributed by atoms with Gasteiger partial charge in [-0.3, -0.25) is 4.98 Å². The molecule has 2 fully saturated rings. The van der Waals surface area contributed by atoms with Crippen LogP contribution in [0.1, 0.15) is 25.7 Å². The summed E-state index contributed by atoms with van der Waals surface area (Å²) in [5.41, 5.74) is 1.93. The lowest BCUT2D eigenvalue weighted by molar-refractivity contribution is 0.222. The molecule has 0 radical (unpaired) electrons. The van der Waals surface area contributed by atoms with Crippen molar-refractivity contribution in [2.45, 2.75) is 25.7 Å². The summed E-state index contributed by atoms with van der Waals surface area (Å²) in [7, 11) is 0. The van der Waals surface area contributed by atoms with Gasteiger partial charge in [-0.25, -0.2) is 0 Å². The van der Waals surface area contributed by atoms with Gasteiger partial charge in [0.15, 0.2) is 0 Å². The number of nitrogens with zero attached hydrogens (tertiary/aromatic N) is 2. The van der Waals surface area contributed by atoms with Gasteiger partial charge in [-0.15, -0.1) is 0 Å². The zero-order valence-electron chi connectivity index (χ0n) is 8.75. The summed E-state index contributed by atoms with van der Waals surface area (Å²) in [5, 5.41) is 0. The molecule has 0 atom stereocenters. The van der Waals surface area contributed by atoms with E-state index < -0.39 is 0 Å². The Morgan fingerprint density at radius 3 is 2.60 bits per heavy atom. The van der Waals surface area contributed by atoms with Crippen molar-refractivity contribution in [2.24, 2.45) is 5.41 Å². The molecule has 1 aliphatic heterocycles. The molecule has 80 valence electrons. The molecule has 1 saturated heterocycles. The molecule has 0 aromatic carbocycles. The molecule has 15 heavy (non-hydrogen) atoms. The first-order valence-corrected chi connectivity index (χ1v) is 6.42. The van der Waals surface area contributed by atoms with Gasteiger partial charge in [-0.2, -0.15) is 0 Å². The Bertz CT molecular complexity index is 364. The number of hydrogen-bond donors (Lipinski definition) is 0. The van der Waals surface area contributed by atoms with Crippen LogP contribution in [0.15, 0.2) is 22.9 Å². The monoisotopic (exact) mass is 266 g/mol. The molecule has 0 N–H and O–H groups in total. The summed E-state index contributed by atoms with van der Waals surface area (Å²) >= 11 is 3.47. The molecule has 1 spiro atoms. The molecule has 1 aromatic rings. The Balaban J connectivity index is 1.72. The molecule has 1 aromatic heterocycles. The average molecular weight is 267 g/mol. The number of hydrogen-bond acceptors (Lipinski definition) is 2. The topological polar surface area (TPSA) is 16.1 Å². The van der Waals surface area contributed by atoms with Crippen molar-refractivity contribution < 1.29 is 0 Å². The first kappa shape index (κ1) is 9.64. The van der Waals surface area contributed by atoms with Crippen molar-refractivity contribution >= 4 is 21.6 Å². The average Bonchev–Trinajstić information content (AvgIpc) is 2.64. The van der Waals surface area contributed by atoms with Crippen LogP contribution >= 0.6 is 15.9 Å². The van der Waals surface area contributed by atoms with Crippen molar-refractivity contribution in [1.82, 2.24) is 4.98 Å². The van der Waals surface area contributed by atoms with Gasteiger partial charge in [0.25, 0.3) is 0 Å². The SMILES string of the molecule is Brc1cncc(N2CC3(CCCC3)C2)c1. The molecule has 0 amide bonds. The number of rotatable bonds is 1. The van der Waals surface area contributed by atoms with Crippen LogP contribution < -0.4 is 4.90 Å². The van der Waals surface area contributed by atoms with Crippen LogP contribution in [-0.4, -0.2) is 18.1 Å². The van der Waals surface area contributed by atoms with E-state index in [1.165, 1.54) is 44.5 Å². The lowest BCUT2D eigenvalue weighted by atomic mass is 9.78. The molecule has 1 saturated carbocycles. The van der Waals surface area contributed by atoms with E-state index in [-0.39, 0.29) is 0 Å². The summed E-state index contributed by atoms with van der Waals surface area (Å²) in [6.07, 6.45) is 9.55. The number of pyridine rings is 1. The fourth-order valence-corrected chi connectivity index (χ4v) is 3.31. The smallest absolute Gasteiger partial charge is 0.0564 e. The van der Waals surface area contributed by atoms with Crippen LogP contribution in [0.2, 0.25) is 0 Å². The molecule has 3 heteroatoms. The first-order chi connectivity index (χ1) is 7.27. The summed E-state index contributed by atoms with van der Waals surface area (Å²) in [6.45, 7) is 2.48. The fourth-order valence-electron chi connectivity index (χ4n) is 2.96. The molecule has 0 bridgehead atoms. The van der Waals surface area contributed by atoms with E-state index in [0.29, 0.717) is 5.41 Å². The third kappa shape index (κ3) is 1.67. The van der Waals surface area contributed by atoms with Crippen LogP contribution in [0, 0.1) is 5.41 Å². The minimum atomic E-state index is 0.669. The predicted molar refractivity (Wildman–Crippen MR) is 65.1 cm³/mol. The van der Waals surface area contributed by atoms with E-state index >= 15 is 0 Å². The van der Waals surface area contributed by atoms with Gasteiger partial charge in [-0.1, -0.05) is 12.8 Å². The van der Waals surface area contributed by atoms with Gasteiger partial charge in [0.05, 0.1) is 11.9 Å². The van der Waals surface area contributed by atoms with E-state index in [2.05, 4.69) is 31.9 Å². The quantitative estimate of drug-likeness (QED) is 0.776. The normalized spacial score (nSPS) is 23.1. The molecule has 0 unspecified atom stereocenters. The van der Waals surface area contributed by atoms with Crippen molar-refractivity contribution in [2.75, 3.05) is 18.0 Å². The molecular formula is C12H15BrN2. The van der Waals surface area contributed by atoms with Gasteiger partial charge in [-0.05, 0) is 34.8 Å². The third-order valence-electron chi connectivity index (χ3n) is 3.77. The number of aromatic nitrogens is 1. The van der Waals surface area contributed by atoms with Gasteiger partial charge in [0, 0.05) is 29.2 Å². The molecule has 2 aliphatic rings. The Morgan fingerprint density at radius 1 is 1.20 bits per heavy atom. The lowest BCUT2D eigenvalue weighted by Crippen LogP contribution is -2.55. The molecule has 1 aliphatic carbocycles. The molecular weight excluding hydrogens is 252 g/mol. The van der Waals surface area contributed by atoms with Crippen molar-refractivity contribution in [3.8, 4) is 0 Å². The predicted octanol–water partition coefficient (Wildman–Crippen LogP) is 3.22. The largest absolute Gasteiger partial charge is 0.369 e. The highest BCUT2D eigenvalue weighted by Gasteiger charge is 2.44. The minimum absolute atomic E-state index is 0.669. The zero-order valence-corrected chi connectivity index (χ0v) is 10.3. The summed E-state index contributed by atoms with van der Waals surface area (Å²) in [5.74, 6) is 0. The third-order valence-corrected chi connectivity index (χ3v) is 4.21. The number of anilines is 1. The highest BCUT2D eigenvalue weighted by atomic mass is 79.9. The van der Waals surface area contributed by atoms with Crippen LogP contribution in [0.4, 0.5) is 5.69 Å². The molecule has 3 rings (SSSR count). The van der Waals surface area contributed by atoms with Crippen LogP contribution in [-0.2, 0) is 0 Å². The Hall–Kier alpha value is -0.570. The highest BCUT2D eigenvalue weighted by Crippen LogP contribution is 2.46. The summed E-state index contributed by atoms with van der Waals surface area (Å²) < 4.78 is 1.08. The maximum absolute atomic E-state index is 4.21. The second-order valence-electron chi connectivity index (χ2n) is 4.92. The van der Waals surface area contributed by atoms with Gasteiger partial charge < -0.3 is 4.90 Å². The van der Waals surface area contributed by atoms with E-state index in [4.69, 9.17) is 0 Å². The zero-order chi connectivity index (χ0) is 10.3. The standard InChI is InChI=1S/C12H15BrN2/c13-10-5-11(7-14-6-10)15-8-12(9-15)3-1-2-4-12/h5-7H,1-4,8-9H2. The first-order valence-electron chi connectivity index (χ1n) is 5.63. The summed E-state index contributed by atoms with van der Waals surface area (Å²) in [4.78, 5) is 6.66. The van der Waals surface area contributed by atoms with Gasteiger partial charge in [0.2, 0.25) is 0 Å². The second kappa shape index (κ2) is 3.48. The molecule has 2 heterocycles. The van der Waals surface area contributed by atoms with Crippen molar-refractivity contribution in [3.63, 3.8) is 0 Å². The second-order valence-corrected chi connectivity index (χ2v) is 5.84. The van der Waals surface area contributed by atoms with E-state index in [9.17, 15) is 0 Å².